The van der Waals surface area contributed by atoms with Gasteiger partial charge in [0.05, 0.1) is 24.4 Å². The maximum atomic E-state index is 12.0. The van der Waals surface area contributed by atoms with Gasteiger partial charge in [0.15, 0.2) is 5.96 Å². The van der Waals surface area contributed by atoms with Crippen molar-refractivity contribution < 1.29 is 9.53 Å². The third-order valence-corrected chi connectivity index (χ3v) is 5.64. The smallest absolute Gasteiger partial charge is 0.310 e. The molecule has 1 aromatic heterocycles. The summed E-state index contributed by atoms with van der Waals surface area (Å²) in [5.41, 5.74) is 3.38. The number of carbonyl (C=O) groups is 1. The van der Waals surface area contributed by atoms with Gasteiger partial charge in [-0.25, -0.2) is 4.68 Å². The minimum absolute atomic E-state index is 0.0923. The van der Waals surface area contributed by atoms with E-state index in [1.54, 1.807) is 0 Å². The molecule has 2 heterocycles. The topological polar surface area (TPSA) is 71.8 Å². The van der Waals surface area contributed by atoms with Crippen LogP contribution in [0.15, 0.2) is 41.5 Å². The SMILES string of the molecule is CCNC(=NCCCc1cn(-c2ccccc2)nc1C)N1CC(C)C(C(=O)OC)C1. The molecule has 7 nitrogen and oxygen atoms in total. The van der Waals surface area contributed by atoms with Crippen molar-refractivity contribution in [2.75, 3.05) is 33.3 Å². The van der Waals surface area contributed by atoms with Gasteiger partial charge in [0.1, 0.15) is 0 Å². The average Bonchev–Trinajstić information content (AvgIpc) is 3.33. The van der Waals surface area contributed by atoms with Crippen LogP contribution in [0.25, 0.3) is 5.69 Å². The van der Waals surface area contributed by atoms with Gasteiger partial charge in [-0.15, -0.1) is 0 Å². The first-order chi connectivity index (χ1) is 14.5. The number of aliphatic imine (C=N–C) groups is 1. The van der Waals surface area contributed by atoms with Gasteiger partial charge in [0.2, 0.25) is 0 Å². The summed E-state index contributed by atoms with van der Waals surface area (Å²) in [4.78, 5) is 19.0. The summed E-state index contributed by atoms with van der Waals surface area (Å²) in [6, 6.07) is 10.2. The number of para-hydroxylation sites is 1. The molecule has 30 heavy (non-hydrogen) atoms. The number of nitrogens with zero attached hydrogens (tertiary/aromatic N) is 4. The average molecular weight is 412 g/mol. The van der Waals surface area contributed by atoms with Gasteiger partial charge in [-0.1, -0.05) is 25.1 Å². The third-order valence-electron chi connectivity index (χ3n) is 5.64. The zero-order valence-corrected chi connectivity index (χ0v) is 18.5. The van der Waals surface area contributed by atoms with Crippen LogP contribution in [0, 0.1) is 18.8 Å². The quantitative estimate of drug-likeness (QED) is 0.328. The van der Waals surface area contributed by atoms with E-state index in [0.717, 1.165) is 49.8 Å². The monoisotopic (exact) mass is 411 g/mol. The fourth-order valence-corrected chi connectivity index (χ4v) is 3.93. The number of esters is 1. The van der Waals surface area contributed by atoms with Crippen molar-refractivity contribution in [3.63, 3.8) is 0 Å². The fourth-order valence-electron chi connectivity index (χ4n) is 3.93. The largest absolute Gasteiger partial charge is 0.469 e. The van der Waals surface area contributed by atoms with Gasteiger partial charge in [0, 0.05) is 32.4 Å². The summed E-state index contributed by atoms with van der Waals surface area (Å²) in [5, 5.41) is 8.01. The molecule has 0 bridgehead atoms. The molecule has 0 saturated carbocycles. The maximum absolute atomic E-state index is 12.0. The third kappa shape index (κ3) is 5.20. The Bertz CT molecular complexity index is 862. The molecule has 0 aliphatic carbocycles. The summed E-state index contributed by atoms with van der Waals surface area (Å²) in [7, 11) is 1.46. The van der Waals surface area contributed by atoms with E-state index < -0.39 is 0 Å². The predicted octanol–water partition coefficient (Wildman–Crippen LogP) is 2.82. The Morgan fingerprint density at radius 3 is 2.77 bits per heavy atom. The molecule has 2 atom stereocenters. The summed E-state index contributed by atoms with van der Waals surface area (Å²) in [6.45, 7) is 9.21. The fraction of sp³-hybridized carbons (Fsp3) is 0.522. The molecular weight excluding hydrogens is 378 g/mol. The number of rotatable bonds is 7. The molecule has 1 aliphatic rings. The van der Waals surface area contributed by atoms with Crippen LogP contribution in [0.1, 0.15) is 31.5 Å². The Morgan fingerprint density at radius 1 is 1.30 bits per heavy atom. The molecule has 1 N–H and O–H groups in total. The molecular formula is C23H33N5O2. The van der Waals surface area contributed by atoms with Crippen LogP contribution in [0.2, 0.25) is 0 Å². The lowest BCUT2D eigenvalue weighted by Gasteiger charge is -2.21. The number of ether oxygens (including phenoxy) is 1. The van der Waals surface area contributed by atoms with Gasteiger partial charge < -0.3 is 15.0 Å². The van der Waals surface area contributed by atoms with Crippen LogP contribution in [0.5, 0.6) is 0 Å². The second kappa shape index (κ2) is 10.3. The van der Waals surface area contributed by atoms with Gasteiger partial charge in [0.25, 0.3) is 0 Å². The Balaban J connectivity index is 1.58. The minimum Gasteiger partial charge on any atom is -0.469 e. The number of nitrogens with one attached hydrogen (secondary N) is 1. The van der Waals surface area contributed by atoms with E-state index >= 15 is 0 Å². The number of hydrogen-bond donors (Lipinski definition) is 1. The molecule has 162 valence electrons. The lowest BCUT2D eigenvalue weighted by Crippen LogP contribution is -2.40. The second-order valence-corrected chi connectivity index (χ2v) is 7.87. The van der Waals surface area contributed by atoms with Crippen molar-refractivity contribution in [2.45, 2.75) is 33.6 Å². The Hall–Kier alpha value is -2.83. The number of aromatic nitrogens is 2. The number of methoxy groups -OCH3 is 1. The van der Waals surface area contributed by atoms with E-state index in [1.165, 1.54) is 12.7 Å². The number of carbonyl (C=O) groups excluding carboxylic acids is 1. The van der Waals surface area contributed by atoms with Crippen molar-refractivity contribution in [3.8, 4) is 5.69 Å². The van der Waals surface area contributed by atoms with Crippen molar-refractivity contribution in [1.29, 1.82) is 0 Å². The van der Waals surface area contributed by atoms with Crippen LogP contribution in [0.3, 0.4) is 0 Å². The highest BCUT2D eigenvalue weighted by Gasteiger charge is 2.36. The molecule has 7 heteroatoms. The van der Waals surface area contributed by atoms with Crippen molar-refractivity contribution in [1.82, 2.24) is 20.0 Å². The summed E-state index contributed by atoms with van der Waals surface area (Å²) in [6.07, 6.45) is 3.99. The molecule has 3 rings (SSSR count). The van der Waals surface area contributed by atoms with E-state index in [9.17, 15) is 4.79 Å². The van der Waals surface area contributed by atoms with Crippen molar-refractivity contribution >= 4 is 11.9 Å². The maximum Gasteiger partial charge on any atom is 0.310 e. The molecule has 1 aromatic carbocycles. The number of guanidine groups is 1. The molecule has 0 spiro atoms. The molecule has 0 radical (unpaired) electrons. The van der Waals surface area contributed by atoms with E-state index in [2.05, 4.69) is 54.4 Å². The molecule has 2 unspecified atom stereocenters. The van der Waals surface area contributed by atoms with E-state index in [1.807, 2.05) is 22.9 Å². The Morgan fingerprint density at radius 2 is 2.07 bits per heavy atom. The highest BCUT2D eigenvalue weighted by Crippen LogP contribution is 2.24. The van der Waals surface area contributed by atoms with Crippen LogP contribution >= 0.6 is 0 Å². The number of benzene rings is 1. The lowest BCUT2D eigenvalue weighted by molar-refractivity contribution is -0.145. The van der Waals surface area contributed by atoms with Gasteiger partial charge in [-0.2, -0.15) is 5.10 Å². The zero-order chi connectivity index (χ0) is 21.5. The first kappa shape index (κ1) is 21.9. The summed E-state index contributed by atoms with van der Waals surface area (Å²) < 4.78 is 6.89. The highest BCUT2D eigenvalue weighted by molar-refractivity contribution is 5.82. The Kier molecular flexibility index (Phi) is 7.49. The van der Waals surface area contributed by atoms with Crippen molar-refractivity contribution in [2.24, 2.45) is 16.8 Å². The summed E-state index contributed by atoms with van der Waals surface area (Å²) >= 11 is 0. The highest BCUT2D eigenvalue weighted by atomic mass is 16.5. The first-order valence-electron chi connectivity index (χ1n) is 10.7. The Labute approximate surface area is 179 Å². The van der Waals surface area contributed by atoms with Crippen molar-refractivity contribution in [3.05, 3.63) is 47.8 Å². The van der Waals surface area contributed by atoms with Crippen LogP contribution in [0.4, 0.5) is 0 Å². The number of aryl methyl sites for hydroxylation is 2. The standard InChI is InChI=1S/C23H33N5O2/c1-5-24-23(27-14-17(2)21(16-27)22(29)30-4)25-13-9-10-19-15-28(26-18(19)3)20-11-7-6-8-12-20/h6-8,11-12,15,17,21H,5,9-10,13-14,16H2,1-4H3,(H,24,25). The molecule has 0 amide bonds. The van der Waals surface area contributed by atoms with E-state index in [0.29, 0.717) is 6.54 Å². The van der Waals surface area contributed by atoms with E-state index in [4.69, 9.17) is 9.73 Å². The molecule has 1 aliphatic heterocycles. The van der Waals surface area contributed by atoms with E-state index in [-0.39, 0.29) is 17.8 Å². The lowest BCUT2D eigenvalue weighted by atomic mass is 9.99. The summed E-state index contributed by atoms with van der Waals surface area (Å²) in [5.74, 6) is 0.914. The first-order valence-corrected chi connectivity index (χ1v) is 10.7. The van der Waals surface area contributed by atoms with Crippen LogP contribution < -0.4 is 5.32 Å². The van der Waals surface area contributed by atoms with Gasteiger partial charge in [-0.3, -0.25) is 9.79 Å². The molecule has 1 saturated heterocycles. The molecule has 1 fully saturated rings. The number of hydrogen-bond acceptors (Lipinski definition) is 4. The minimum atomic E-state index is -0.133. The van der Waals surface area contributed by atoms with Gasteiger partial charge in [-0.05, 0) is 50.3 Å². The second-order valence-electron chi connectivity index (χ2n) is 7.87. The van der Waals surface area contributed by atoms with Crippen LogP contribution in [-0.4, -0.2) is 59.9 Å². The van der Waals surface area contributed by atoms with Gasteiger partial charge >= 0.3 is 5.97 Å². The number of likely N-dealkylation sites (tertiary alicyclic amines) is 1. The normalized spacial score (nSPS) is 19.2. The predicted molar refractivity (Wildman–Crippen MR) is 119 cm³/mol. The molecule has 2 aromatic rings. The van der Waals surface area contributed by atoms with Crippen LogP contribution in [-0.2, 0) is 16.0 Å². The zero-order valence-electron chi connectivity index (χ0n) is 18.5.